The average molecular weight is 290 g/mol. The molecule has 0 aliphatic carbocycles. The minimum Gasteiger partial charge on any atom is -0.454 e. The number of carbonyl (C=O) groups excluding carboxylic acids is 2. The summed E-state index contributed by atoms with van der Waals surface area (Å²) in [6.45, 7) is 0.223. The second kappa shape index (κ2) is 5.57. The molecule has 0 aromatic heterocycles. The van der Waals surface area contributed by atoms with Crippen molar-refractivity contribution >= 4 is 17.8 Å². The maximum atomic E-state index is 11.5. The van der Waals surface area contributed by atoms with Crippen molar-refractivity contribution < 1.29 is 28.5 Å². The molecule has 0 amide bonds. The minimum atomic E-state index is -0.853. The van der Waals surface area contributed by atoms with E-state index >= 15 is 0 Å². The Kier molecular flexibility index (Phi) is 3.62. The van der Waals surface area contributed by atoms with Crippen molar-refractivity contribution in [2.45, 2.75) is 18.6 Å². The number of esters is 1. The molecule has 110 valence electrons. The zero-order valence-corrected chi connectivity index (χ0v) is 11.4. The molecule has 2 aliphatic rings. The number of benzene rings is 1. The fraction of sp³-hybridized carbons (Fsp3) is 0.333. The summed E-state index contributed by atoms with van der Waals surface area (Å²) in [7, 11) is 1.40. The lowest BCUT2D eigenvalue weighted by Gasteiger charge is -2.24. The molecular formula is C15H14O6. The highest BCUT2D eigenvalue weighted by Gasteiger charge is 2.35. The van der Waals surface area contributed by atoms with E-state index in [-0.39, 0.29) is 6.79 Å². The Morgan fingerprint density at radius 3 is 2.86 bits per heavy atom. The number of methoxy groups -OCH3 is 1. The van der Waals surface area contributed by atoms with Gasteiger partial charge in [-0.1, -0.05) is 12.1 Å². The van der Waals surface area contributed by atoms with Crippen LogP contribution in [0.4, 0.5) is 0 Å². The first-order chi connectivity index (χ1) is 10.2. The van der Waals surface area contributed by atoms with Gasteiger partial charge in [-0.2, -0.15) is 0 Å². The van der Waals surface area contributed by atoms with Gasteiger partial charge in [0.1, 0.15) is 12.2 Å². The Hall–Kier alpha value is -2.34. The van der Waals surface area contributed by atoms with E-state index in [1.807, 2.05) is 24.3 Å². The third kappa shape index (κ3) is 2.75. The molecule has 0 radical (unpaired) electrons. The van der Waals surface area contributed by atoms with Gasteiger partial charge in [0.2, 0.25) is 6.79 Å². The van der Waals surface area contributed by atoms with Gasteiger partial charge in [0.05, 0.1) is 0 Å². The molecule has 2 atom stereocenters. The lowest BCUT2D eigenvalue weighted by atomic mass is 10.0. The minimum absolute atomic E-state index is 0.223. The first kappa shape index (κ1) is 13.6. The van der Waals surface area contributed by atoms with E-state index in [9.17, 15) is 9.59 Å². The second-order valence-electron chi connectivity index (χ2n) is 4.74. The van der Waals surface area contributed by atoms with E-state index in [0.29, 0.717) is 17.9 Å². The van der Waals surface area contributed by atoms with Gasteiger partial charge in [-0.3, -0.25) is 4.79 Å². The maximum Gasteiger partial charge on any atom is 0.378 e. The van der Waals surface area contributed by atoms with Gasteiger partial charge in [-0.15, -0.1) is 0 Å². The summed E-state index contributed by atoms with van der Waals surface area (Å²) in [6, 6.07) is 5.52. The fourth-order valence-corrected chi connectivity index (χ4v) is 2.25. The maximum absolute atomic E-state index is 11.5. The lowest BCUT2D eigenvalue weighted by molar-refractivity contribution is -0.168. The van der Waals surface area contributed by atoms with Crippen LogP contribution < -0.4 is 9.47 Å². The van der Waals surface area contributed by atoms with Crippen LogP contribution in [0, 0.1) is 0 Å². The largest absolute Gasteiger partial charge is 0.454 e. The van der Waals surface area contributed by atoms with Crippen LogP contribution in [0.5, 0.6) is 11.5 Å². The standard InChI is InChI=1S/C15H14O6/c1-18-13-7-10(21-15(17)14(13)16)4-2-9-3-5-11-12(6-9)20-8-19-11/h2-6,10,13H,7-8H2,1H3. The summed E-state index contributed by atoms with van der Waals surface area (Å²) in [5.74, 6) is -0.0947. The van der Waals surface area contributed by atoms with Crippen molar-refractivity contribution in [2.75, 3.05) is 13.9 Å². The monoisotopic (exact) mass is 290 g/mol. The first-order valence-corrected chi connectivity index (χ1v) is 6.53. The SMILES string of the molecule is COC1CC(C=Cc2ccc3c(c2)OCO3)OC(=O)C1=O. The van der Waals surface area contributed by atoms with E-state index < -0.39 is 24.0 Å². The third-order valence-corrected chi connectivity index (χ3v) is 3.38. The van der Waals surface area contributed by atoms with E-state index in [2.05, 4.69) is 0 Å². The molecule has 0 spiro atoms. The van der Waals surface area contributed by atoms with Gasteiger partial charge in [0.25, 0.3) is 5.78 Å². The fourth-order valence-electron chi connectivity index (χ4n) is 2.25. The summed E-state index contributed by atoms with van der Waals surface area (Å²) in [5, 5.41) is 0. The highest BCUT2D eigenvalue weighted by atomic mass is 16.7. The number of fused-ring (bicyclic) bond motifs is 1. The van der Waals surface area contributed by atoms with Crippen LogP contribution in [0.3, 0.4) is 0 Å². The smallest absolute Gasteiger partial charge is 0.378 e. The zero-order chi connectivity index (χ0) is 14.8. The number of cyclic esters (lactones) is 1. The number of ketones is 1. The topological polar surface area (TPSA) is 71.1 Å². The van der Waals surface area contributed by atoms with E-state index in [0.717, 1.165) is 5.56 Å². The van der Waals surface area contributed by atoms with Crippen molar-refractivity contribution in [1.82, 2.24) is 0 Å². The molecule has 2 unspecified atom stereocenters. The van der Waals surface area contributed by atoms with Gasteiger partial charge in [0, 0.05) is 13.5 Å². The van der Waals surface area contributed by atoms with Crippen LogP contribution >= 0.6 is 0 Å². The number of carbonyl (C=O) groups is 2. The third-order valence-electron chi connectivity index (χ3n) is 3.38. The Morgan fingerprint density at radius 2 is 2.05 bits per heavy atom. The predicted octanol–water partition coefficient (Wildman–Crippen LogP) is 1.33. The summed E-state index contributed by atoms with van der Waals surface area (Å²) < 4.78 is 20.6. The Labute approximate surface area is 121 Å². The van der Waals surface area contributed by atoms with Crippen LogP contribution in [0.25, 0.3) is 6.08 Å². The van der Waals surface area contributed by atoms with Crippen LogP contribution in [0.2, 0.25) is 0 Å². The quantitative estimate of drug-likeness (QED) is 0.618. The van der Waals surface area contributed by atoms with Crippen molar-refractivity contribution in [3.63, 3.8) is 0 Å². The first-order valence-electron chi connectivity index (χ1n) is 6.53. The molecular weight excluding hydrogens is 276 g/mol. The Balaban J connectivity index is 1.71. The van der Waals surface area contributed by atoms with Gasteiger partial charge in [-0.05, 0) is 23.8 Å². The van der Waals surface area contributed by atoms with Crippen molar-refractivity contribution in [3.05, 3.63) is 29.8 Å². The molecule has 2 aliphatic heterocycles. The predicted molar refractivity (Wildman–Crippen MR) is 71.9 cm³/mol. The highest BCUT2D eigenvalue weighted by molar-refractivity contribution is 6.36. The molecule has 1 fully saturated rings. The summed E-state index contributed by atoms with van der Waals surface area (Å²) in [6.07, 6.45) is 2.64. The molecule has 1 saturated heterocycles. The molecule has 6 nitrogen and oxygen atoms in total. The highest BCUT2D eigenvalue weighted by Crippen LogP contribution is 2.33. The van der Waals surface area contributed by atoms with Crippen molar-refractivity contribution in [2.24, 2.45) is 0 Å². The summed E-state index contributed by atoms with van der Waals surface area (Å²) in [4.78, 5) is 22.9. The average Bonchev–Trinajstić information content (AvgIpc) is 2.95. The van der Waals surface area contributed by atoms with Gasteiger partial charge in [0.15, 0.2) is 11.5 Å². The number of rotatable bonds is 3. The zero-order valence-electron chi connectivity index (χ0n) is 11.4. The Morgan fingerprint density at radius 1 is 1.24 bits per heavy atom. The Bertz CT molecular complexity index is 606. The molecule has 2 heterocycles. The van der Waals surface area contributed by atoms with Crippen LogP contribution in [0.1, 0.15) is 12.0 Å². The van der Waals surface area contributed by atoms with Gasteiger partial charge >= 0.3 is 5.97 Å². The summed E-state index contributed by atoms with van der Waals surface area (Å²) >= 11 is 0. The van der Waals surface area contributed by atoms with Crippen molar-refractivity contribution in [1.29, 1.82) is 0 Å². The summed E-state index contributed by atoms with van der Waals surface area (Å²) in [5.41, 5.74) is 0.890. The van der Waals surface area contributed by atoms with Crippen LogP contribution in [-0.4, -0.2) is 37.9 Å². The molecule has 21 heavy (non-hydrogen) atoms. The normalized spacial score (nSPS) is 24.4. The van der Waals surface area contributed by atoms with E-state index in [1.165, 1.54) is 7.11 Å². The number of hydrogen-bond acceptors (Lipinski definition) is 6. The second-order valence-corrected chi connectivity index (χ2v) is 4.74. The molecule has 1 aromatic carbocycles. The van der Waals surface area contributed by atoms with Gasteiger partial charge in [-0.25, -0.2) is 4.79 Å². The molecule has 0 bridgehead atoms. The number of ether oxygens (including phenoxy) is 4. The lowest BCUT2D eigenvalue weighted by Crippen LogP contribution is -2.42. The van der Waals surface area contributed by atoms with Crippen molar-refractivity contribution in [3.8, 4) is 11.5 Å². The van der Waals surface area contributed by atoms with E-state index in [1.54, 1.807) is 6.08 Å². The van der Waals surface area contributed by atoms with Crippen LogP contribution in [-0.2, 0) is 19.1 Å². The molecule has 6 heteroatoms. The van der Waals surface area contributed by atoms with E-state index in [4.69, 9.17) is 18.9 Å². The van der Waals surface area contributed by atoms with Crippen LogP contribution in [0.15, 0.2) is 24.3 Å². The molecule has 3 rings (SSSR count). The number of hydrogen-bond donors (Lipinski definition) is 0. The number of Topliss-reactive ketones (excluding diaryl/α,β-unsaturated/α-hetero) is 1. The molecule has 1 aromatic rings. The van der Waals surface area contributed by atoms with Gasteiger partial charge < -0.3 is 18.9 Å². The molecule has 0 N–H and O–H groups in total. The molecule has 0 saturated carbocycles.